The summed E-state index contributed by atoms with van der Waals surface area (Å²) in [6.07, 6.45) is 1.52. The van der Waals surface area contributed by atoms with Crippen LogP contribution >= 0.6 is 0 Å². The molecule has 1 heterocycles. The number of nitrogens with zero attached hydrogens (tertiary/aromatic N) is 2. The number of hydrogen-bond donors (Lipinski definition) is 2. The molecule has 0 atom stereocenters. The van der Waals surface area contributed by atoms with Crippen molar-refractivity contribution in [2.75, 3.05) is 25.0 Å². The van der Waals surface area contributed by atoms with Crippen LogP contribution in [-0.4, -0.2) is 35.7 Å². The molecule has 2 rings (SSSR count). The Morgan fingerprint density at radius 3 is 2.80 bits per heavy atom. The monoisotopic (exact) mass is 277 g/mol. The number of hydrogen-bond acceptors (Lipinski definition) is 3. The number of carbonyl (C=O) groups is 1. The summed E-state index contributed by atoms with van der Waals surface area (Å²) < 4.78 is 13.0. The lowest BCUT2D eigenvalue weighted by Crippen LogP contribution is -2.41. The fraction of sp³-hybridized carbons (Fsp3) is 0.429. The average molecular weight is 277 g/mol. The molecule has 1 aliphatic heterocycles. The molecule has 0 aliphatic carbocycles. The SMILES string of the molecule is N#Cc1cc(F)ccc1NC(=O)N1CCC(CO)CC1. The van der Waals surface area contributed by atoms with Crippen molar-refractivity contribution in [1.29, 1.82) is 5.26 Å². The van der Waals surface area contributed by atoms with E-state index < -0.39 is 5.82 Å². The standard InChI is InChI=1S/C14H16FN3O2/c15-12-1-2-13(11(7-12)8-16)17-14(20)18-5-3-10(9-19)4-6-18/h1-2,7,10,19H,3-6,9H2,(H,17,20). The largest absolute Gasteiger partial charge is 0.396 e. The molecule has 2 amide bonds. The van der Waals surface area contributed by atoms with Crippen LogP contribution in [0, 0.1) is 23.1 Å². The highest BCUT2D eigenvalue weighted by Gasteiger charge is 2.22. The van der Waals surface area contributed by atoms with E-state index in [9.17, 15) is 9.18 Å². The second-order valence-electron chi connectivity index (χ2n) is 4.84. The lowest BCUT2D eigenvalue weighted by Gasteiger charge is -2.31. The van der Waals surface area contributed by atoms with Crippen molar-refractivity contribution >= 4 is 11.7 Å². The maximum Gasteiger partial charge on any atom is 0.321 e. The predicted octanol–water partition coefficient (Wildman–Crippen LogP) is 1.93. The van der Waals surface area contributed by atoms with Gasteiger partial charge in [0.05, 0.1) is 11.3 Å². The van der Waals surface area contributed by atoms with Gasteiger partial charge in [-0.3, -0.25) is 0 Å². The lowest BCUT2D eigenvalue weighted by atomic mass is 9.98. The number of anilines is 1. The molecule has 1 fully saturated rings. The molecule has 0 saturated carbocycles. The third-order valence-electron chi connectivity index (χ3n) is 3.50. The summed E-state index contributed by atoms with van der Waals surface area (Å²) in [4.78, 5) is 13.7. The minimum Gasteiger partial charge on any atom is -0.396 e. The zero-order valence-corrected chi connectivity index (χ0v) is 11.0. The number of carbonyl (C=O) groups excluding carboxylic acids is 1. The first-order chi connectivity index (χ1) is 9.63. The Kier molecular flexibility index (Phi) is 4.53. The Labute approximate surface area is 116 Å². The van der Waals surface area contributed by atoms with Crippen molar-refractivity contribution in [3.05, 3.63) is 29.6 Å². The number of nitriles is 1. The number of piperidine rings is 1. The molecule has 0 unspecified atom stereocenters. The second-order valence-corrected chi connectivity index (χ2v) is 4.84. The van der Waals surface area contributed by atoms with Crippen LogP contribution in [0.25, 0.3) is 0 Å². The molecule has 1 aliphatic rings. The van der Waals surface area contributed by atoms with Crippen LogP contribution in [0.2, 0.25) is 0 Å². The van der Waals surface area contributed by atoms with E-state index >= 15 is 0 Å². The summed E-state index contributed by atoms with van der Waals surface area (Å²) in [7, 11) is 0. The first-order valence-electron chi connectivity index (χ1n) is 6.50. The Balaban J connectivity index is 2.00. The van der Waals surface area contributed by atoms with E-state index in [0.717, 1.165) is 18.9 Å². The van der Waals surface area contributed by atoms with Crippen molar-refractivity contribution in [2.24, 2.45) is 5.92 Å². The summed E-state index contributed by atoms with van der Waals surface area (Å²) in [6.45, 7) is 1.28. The van der Waals surface area contributed by atoms with E-state index in [0.29, 0.717) is 18.8 Å². The van der Waals surface area contributed by atoms with Gasteiger partial charge in [0.1, 0.15) is 11.9 Å². The van der Waals surface area contributed by atoms with E-state index in [1.807, 2.05) is 6.07 Å². The summed E-state index contributed by atoms with van der Waals surface area (Å²) in [5, 5.41) is 20.6. The van der Waals surface area contributed by atoms with Gasteiger partial charge in [-0.2, -0.15) is 5.26 Å². The number of rotatable bonds is 2. The summed E-state index contributed by atoms with van der Waals surface area (Å²) >= 11 is 0. The fourth-order valence-corrected chi connectivity index (χ4v) is 2.23. The number of nitrogens with one attached hydrogen (secondary N) is 1. The molecule has 106 valence electrons. The smallest absolute Gasteiger partial charge is 0.321 e. The summed E-state index contributed by atoms with van der Waals surface area (Å²) in [5.41, 5.74) is 0.409. The number of likely N-dealkylation sites (tertiary alicyclic amines) is 1. The van der Waals surface area contributed by atoms with Gasteiger partial charge >= 0.3 is 6.03 Å². The van der Waals surface area contributed by atoms with Crippen molar-refractivity contribution in [3.8, 4) is 6.07 Å². The van der Waals surface area contributed by atoms with E-state index in [-0.39, 0.29) is 24.1 Å². The van der Waals surface area contributed by atoms with Gasteiger partial charge in [-0.05, 0) is 37.0 Å². The van der Waals surface area contributed by atoms with Crippen LogP contribution in [-0.2, 0) is 0 Å². The van der Waals surface area contributed by atoms with E-state index in [1.165, 1.54) is 12.1 Å². The predicted molar refractivity (Wildman–Crippen MR) is 71.5 cm³/mol. The van der Waals surface area contributed by atoms with E-state index in [4.69, 9.17) is 10.4 Å². The van der Waals surface area contributed by atoms with Crippen LogP contribution in [0.3, 0.4) is 0 Å². The molecule has 20 heavy (non-hydrogen) atoms. The molecule has 0 bridgehead atoms. The highest BCUT2D eigenvalue weighted by Crippen LogP contribution is 2.20. The maximum absolute atomic E-state index is 13.0. The van der Waals surface area contributed by atoms with Gasteiger partial charge in [0.15, 0.2) is 0 Å². The topological polar surface area (TPSA) is 76.4 Å². The molecule has 5 nitrogen and oxygen atoms in total. The Morgan fingerprint density at radius 2 is 2.20 bits per heavy atom. The van der Waals surface area contributed by atoms with E-state index in [2.05, 4.69) is 5.32 Å². The van der Waals surface area contributed by atoms with Crippen LogP contribution < -0.4 is 5.32 Å². The number of aliphatic hydroxyl groups is 1. The highest BCUT2D eigenvalue weighted by atomic mass is 19.1. The van der Waals surface area contributed by atoms with Crippen molar-refractivity contribution in [1.82, 2.24) is 4.90 Å². The minimum absolute atomic E-state index is 0.101. The Hall–Kier alpha value is -2.13. The zero-order chi connectivity index (χ0) is 14.5. The van der Waals surface area contributed by atoms with Crippen LogP contribution in [0.15, 0.2) is 18.2 Å². The van der Waals surface area contributed by atoms with Gasteiger partial charge in [-0.25, -0.2) is 9.18 Å². The van der Waals surface area contributed by atoms with Gasteiger partial charge in [-0.15, -0.1) is 0 Å². The fourth-order valence-electron chi connectivity index (χ4n) is 2.23. The van der Waals surface area contributed by atoms with E-state index in [1.54, 1.807) is 4.90 Å². The summed E-state index contributed by atoms with van der Waals surface area (Å²) in [5.74, 6) is -0.261. The van der Waals surface area contributed by atoms with Gasteiger partial charge in [0, 0.05) is 19.7 Å². The highest BCUT2D eigenvalue weighted by molar-refractivity contribution is 5.90. The number of benzene rings is 1. The van der Waals surface area contributed by atoms with Crippen molar-refractivity contribution in [3.63, 3.8) is 0 Å². The minimum atomic E-state index is -0.511. The Bertz CT molecular complexity index is 534. The first kappa shape index (κ1) is 14.3. The molecule has 0 spiro atoms. The van der Waals surface area contributed by atoms with Gasteiger partial charge < -0.3 is 15.3 Å². The molecule has 6 heteroatoms. The Morgan fingerprint density at radius 1 is 1.50 bits per heavy atom. The van der Waals surface area contributed by atoms with Gasteiger partial charge in [0.2, 0.25) is 0 Å². The molecule has 2 N–H and O–H groups in total. The number of urea groups is 1. The third kappa shape index (κ3) is 3.25. The quantitative estimate of drug-likeness (QED) is 0.867. The molecule has 0 aromatic heterocycles. The molecular formula is C14H16FN3O2. The van der Waals surface area contributed by atoms with Crippen LogP contribution in [0.1, 0.15) is 18.4 Å². The number of halogens is 1. The van der Waals surface area contributed by atoms with Crippen LogP contribution in [0.5, 0.6) is 0 Å². The average Bonchev–Trinajstić information content (AvgIpc) is 2.49. The molecule has 0 radical (unpaired) electrons. The van der Waals surface area contributed by atoms with Crippen molar-refractivity contribution in [2.45, 2.75) is 12.8 Å². The molecule has 1 saturated heterocycles. The van der Waals surface area contributed by atoms with Gasteiger partial charge in [-0.1, -0.05) is 0 Å². The number of amides is 2. The number of aliphatic hydroxyl groups excluding tert-OH is 1. The van der Waals surface area contributed by atoms with Crippen LogP contribution in [0.4, 0.5) is 14.9 Å². The second kappa shape index (κ2) is 6.35. The maximum atomic E-state index is 13.0. The normalized spacial score (nSPS) is 15.8. The summed E-state index contributed by atoms with van der Waals surface area (Å²) in [6, 6.07) is 5.23. The van der Waals surface area contributed by atoms with Crippen molar-refractivity contribution < 1.29 is 14.3 Å². The molecule has 1 aromatic carbocycles. The lowest BCUT2D eigenvalue weighted by molar-refractivity contribution is 0.143. The first-order valence-corrected chi connectivity index (χ1v) is 6.50. The third-order valence-corrected chi connectivity index (χ3v) is 3.50. The molecular weight excluding hydrogens is 261 g/mol. The zero-order valence-electron chi connectivity index (χ0n) is 11.0. The van der Waals surface area contributed by atoms with Gasteiger partial charge in [0.25, 0.3) is 0 Å². The molecule has 1 aromatic rings.